The van der Waals surface area contributed by atoms with Crippen LogP contribution in [0.25, 0.3) is 0 Å². The van der Waals surface area contributed by atoms with Gasteiger partial charge in [0.15, 0.2) is 5.96 Å². The average Bonchev–Trinajstić information content (AvgIpc) is 2.90. The molecule has 0 aliphatic heterocycles. The molecule has 1 aliphatic rings. The quantitative estimate of drug-likeness (QED) is 0.330. The number of carbonyl (C=O) groups excluding carboxylic acids is 1. The highest BCUT2D eigenvalue weighted by atomic mass is 127. The fourth-order valence-corrected chi connectivity index (χ4v) is 3.07. The van der Waals surface area contributed by atoms with Crippen molar-refractivity contribution in [2.45, 2.75) is 50.8 Å². The number of thioether (sulfide) groups is 1. The molecule has 1 rings (SSSR count). The van der Waals surface area contributed by atoms with Gasteiger partial charge in [-0.1, -0.05) is 6.92 Å². The standard InChI is InChI=1S/C14H28N4OS.HI/c1-4-8-16-13(19)10-17-14(15-5-2)18-11-6-7-12(9-11)20-3;/h11-12H,4-10H2,1-3H3,(H,16,19)(H2,15,17,18);1H. The molecule has 0 aromatic carbocycles. The first-order chi connectivity index (χ1) is 9.69. The van der Waals surface area contributed by atoms with Crippen molar-refractivity contribution in [3.63, 3.8) is 0 Å². The largest absolute Gasteiger partial charge is 0.357 e. The fraction of sp³-hybridized carbons (Fsp3) is 0.857. The van der Waals surface area contributed by atoms with E-state index in [0.29, 0.717) is 6.04 Å². The molecule has 0 radical (unpaired) electrons. The van der Waals surface area contributed by atoms with Gasteiger partial charge >= 0.3 is 0 Å². The Morgan fingerprint density at radius 3 is 2.62 bits per heavy atom. The number of amides is 1. The Morgan fingerprint density at radius 2 is 2.05 bits per heavy atom. The molecule has 21 heavy (non-hydrogen) atoms. The molecule has 0 aromatic rings. The van der Waals surface area contributed by atoms with Gasteiger partial charge in [-0.3, -0.25) is 4.79 Å². The van der Waals surface area contributed by atoms with Crippen molar-refractivity contribution >= 4 is 47.6 Å². The predicted molar refractivity (Wildman–Crippen MR) is 103 cm³/mol. The summed E-state index contributed by atoms with van der Waals surface area (Å²) in [4.78, 5) is 15.9. The lowest BCUT2D eigenvalue weighted by Crippen LogP contribution is -2.43. The number of rotatable bonds is 7. The number of nitrogens with zero attached hydrogens (tertiary/aromatic N) is 1. The third-order valence-electron chi connectivity index (χ3n) is 3.36. The number of hydrogen-bond acceptors (Lipinski definition) is 3. The monoisotopic (exact) mass is 428 g/mol. The van der Waals surface area contributed by atoms with Crippen LogP contribution >= 0.6 is 35.7 Å². The van der Waals surface area contributed by atoms with Crippen molar-refractivity contribution in [2.24, 2.45) is 4.99 Å². The van der Waals surface area contributed by atoms with Gasteiger partial charge in [-0.25, -0.2) is 4.99 Å². The van der Waals surface area contributed by atoms with Crippen LogP contribution in [-0.4, -0.2) is 49.0 Å². The van der Waals surface area contributed by atoms with Gasteiger partial charge in [0, 0.05) is 24.4 Å². The van der Waals surface area contributed by atoms with Gasteiger partial charge in [-0.05, 0) is 38.9 Å². The van der Waals surface area contributed by atoms with Crippen LogP contribution in [0.2, 0.25) is 0 Å². The number of carbonyl (C=O) groups is 1. The van der Waals surface area contributed by atoms with E-state index in [-0.39, 0.29) is 36.4 Å². The van der Waals surface area contributed by atoms with Gasteiger partial charge in [-0.2, -0.15) is 11.8 Å². The zero-order valence-electron chi connectivity index (χ0n) is 13.3. The van der Waals surface area contributed by atoms with Crippen LogP contribution < -0.4 is 16.0 Å². The molecular formula is C14H29IN4OS. The Kier molecular flexibility index (Phi) is 12.3. The van der Waals surface area contributed by atoms with Crippen molar-refractivity contribution in [3.8, 4) is 0 Å². The summed E-state index contributed by atoms with van der Waals surface area (Å²) in [7, 11) is 0. The van der Waals surface area contributed by atoms with Gasteiger partial charge in [-0.15, -0.1) is 24.0 Å². The third-order valence-corrected chi connectivity index (χ3v) is 4.45. The van der Waals surface area contributed by atoms with E-state index in [4.69, 9.17) is 0 Å². The second kappa shape index (κ2) is 12.4. The average molecular weight is 428 g/mol. The second-order valence-corrected chi connectivity index (χ2v) is 6.20. The molecule has 0 saturated heterocycles. The molecule has 3 N–H and O–H groups in total. The second-order valence-electron chi connectivity index (χ2n) is 5.06. The summed E-state index contributed by atoms with van der Waals surface area (Å²) in [6.07, 6.45) is 6.73. The fourth-order valence-electron chi connectivity index (χ4n) is 2.27. The molecule has 1 amide bonds. The van der Waals surface area contributed by atoms with Crippen LogP contribution in [0.3, 0.4) is 0 Å². The maximum Gasteiger partial charge on any atom is 0.241 e. The normalized spacial score (nSPS) is 21.6. The molecule has 1 saturated carbocycles. The maximum absolute atomic E-state index is 11.6. The molecule has 7 heteroatoms. The number of hydrogen-bond donors (Lipinski definition) is 3. The smallest absolute Gasteiger partial charge is 0.241 e. The van der Waals surface area contributed by atoms with Gasteiger partial charge in [0.1, 0.15) is 6.54 Å². The first-order valence-corrected chi connectivity index (χ1v) is 8.82. The van der Waals surface area contributed by atoms with E-state index in [2.05, 4.69) is 27.2 Å². The van der Waals surface area contributed by atoms with Crippen molar-refractivity contribution in [2.75, 3.05) is 25.9 Å². The van der Waals surface area contributed by atoms with E-state index in [9.17, 15) is 4.79 Å². The summed E-state index contributed by atoms with van der Waals surface area (Å²) < 4.78 is 0. The first-order valence-electron chi connectivity index (χ1n) is 7.53. The van der Waals surface area contributed by atoms with Crippen LogP contribution in [0.5, 0.6) is 0 Å². The van der Waals surface area contributed by atoms with Crippen molar-refractivity contribution in [1.29, 1.82) is 0 Å². The van der Waals surface area contributed by atoms with E-state index in [0.717, 1.165) is 30.7 Å². The summed E-state index contributed by atoms with van der Waals surface area (Å²) in [5, 5.41) is 10.2. The maximum atomic E-state index is 11.6. The molecule has 0 heterocycles. The van der Waals surface area contributed by atoms with E-state index < -0.39 is 0 Å². The van der Waals surface area contributed by atoms with Gasteiger partial charge in [0.2, 0.25) is 5.91 Å². The summed E-state index contributed by atoms with van der Waals surface area (Å²) >= 11 is 1.94. The van der Waals surface area contributed by atoms with Crippen LogP contribution in [0.1, 0.15) is 39.5 Å². The van der Waals surface area contributed by atoms with E-state index in [1.165, 1.54) is 19.3 Å². The number of guanidine groups is 1. The van der Waals surface area contributed by atoms with E-state index in [1.807, 2.05) is 25.6 Å². The van der Waals surface area contributed by atoms with E-state index >= 15 is 0 Å². The minimum Gasteiger partial charge on any atom is -0.357 e. The van der Waals surface area contributed by atoms with Gasteiger partial charge in [0.25, 0.3) is 0 Å². The summed E-state index contributed by atoms with van der Waals surface area (Å²) in [5.41, 5.74) is 0. The Morgan fingerprint density at radius 1 is 1.29 bits per heavy atom. The lowest BCUT2D eigenvalue weighted by molar-refractivity contribution is -0.119. The zero-order chi connectivity index (χ0) is 14.8. The summed E-state index contributed by atoms with van der Waals surface area (Å²) in [6, 6.07) is 0.476. The van der Waals surface area contributed by atoms with Crippen LogP contribution in [-0.2, 0) is 4.79 Å². The molecule has 5 nitrogen and oxygen atoms in total. The highest BCUT2D eigenvalue weighted by Gasteiger charge is 2.24. The van der Waals surface area contributed by atoms with Crippen LogP contribution in [0, 0.1) is 0 Å². The Hall–Kier alpha value is -0.180. The lowest BCUT2D eigenvalue weighted by atomic mass is 10.2. The van der Waals surface area contributed by atoms with Crippen LogP contribution in [0.4, 0.5) is 0 Å². The van der Waals surface area contributed by atoms with Gasteiger partial charge < -0.3 is 16.0 Å². The molecule has 0 bridgehead atoms. The third kappa shape index (κ3) is 8.75. The van der Waals surface area contributed by atoms with Crippen LogP contribution in [0.15, 0.2) is 4.99 Å². The SMILES string of the molecule is CCCNC(=O)CN=C(NCC)NC1CCC(SC)C1.I. The summed E-state index contributed by atoms with van der Waals surface area (Å²) in [6.45, 7) is 5.79. The predicted octanol–water partition coefficient (Wildman–Crippen LogP) is 1.97. The molecule has 0 spiro atoms. The Bertz CT molecular complexity index is 328. The molecule has 2 unspecified atom stereocenters. The Labute approximate surface area is 149 Å². The molecular weight excluding hydrogens is 399 g/mol. The molecule has 1 aliphatic carbocycles. The molecule has 124 valence electrons. The van der Waals surface area contributed by atoms with Crippen molar-refractivity contribution < 1.29 is 4.79 Å². The topological polar surface area (TPSA) is 65.5 Å². The van der Waals surface area contributed by atoms with Crippen molar-refractivity contribution in [1.82, 2.24) is 16.0 Å². The van der Waals surface area contributed by atoms with Gasteiger partial charge in [0.05, 0.1) is 0 Å². The minimum atomic E-state index is -0.0162. The number of nitrogens with one attached hydrogen (secondary N) is 3. The number of aliphatic imine (C=N–C) groups is 1. The van der Waals surface area contributed by atoms with Crippen molar-refractivity contribution in [3.05, 3.63) is 0 Å². The molecule has 0 aromatic heterocycles. The highest BCUT2D eigenvalue weighted by Crippen LogP contribution is 2.27. The highest BCUT2D eigenvalue weighted by molar-refractivity contribution is 14.0. The Balaban J connectivity index is 0.00000400. The summed E-state index contributed by atoms with van der Waals surface area (Å²) in [5.74, 6) is 0.739. The van der Waals surface area contributed by atoms with E-state index in [1.54, 1.807) is 0 Å². The number of halogens is 1. The lowest BCUT2D eigenvalue weighted by Gasteiger charge is -2.17. The minimum absolute atomic E-state index is 0. The molecule has 1 fully saturated rings. The molecule has 2 atom stereocenters. The zero-order valence-corrected chi connectivity index (χ0v) is 16.4. The first kappa shape index (κ1) is 20.8.